The summed E-state index contributed by atoms with van der Waals surface area (Å²) in [5.74, 6) is 0. The Morgan fingerprint density at radius 1 is 1.00 bits per heavy atom. The van der Waals surface area contributed by atoms with Crippen LogP contribution in [0.4, 0.5) is 17.1 Å². The maximum absolute atomic E-state index is 12.9. The quantitative estimate of drug-likeness (QED) is 0.696. The lowest BCUT2D eigenvalue weighted by molar-refractivity contribution is 0.598. The molecule has 0 aliphatic carbocycles. The predicted octanol–water partition coefficient (Wildman–Crippen LogP) is 1.99. The summed E-state index contributed by atoms with van der Waals surface area (Å²) in [5, 5.41) is 3.33. The Hall–Kier alpha value is -2.30. The van der Waals surface area contributed by atoms with E-state index < -0.39 is 20.0 Å². The molecular weight excluding hydrogens is 424 g/mol. The van der Waals surface area contributed by atoms with Gasteiger partial charge < -0.3 is 10.2 Å². The minimum atomic E-state index is -3.87. The summed E-state index contributed by atoms with van der Waals surface area (Å²) in [7, 11) is -6.04. The highest BCUT2D eigenvalue weighted by Crippen LogP contribution is 2.33. The summed E-state index contributed by atoms with van der Waals surface area (Å²) >= 11 is 0. The maximum atomic E-state index is 12.9. The van der Waals surface area contributed by atoms with Gasteiger partial charge >= 0.3 is 0 Å². The predicted molar refractivity (Wildman–Crippen MR) is 121 cm³/mol. The fraction of sp³-hybridized carbons (Fsp3) is 0.400. The van der Waals surface area contributed by atoms with Crippen molar-refractivity contribution >= 4 is 37.1 Å². The van der Waals surface area contributed by atoms with E-state index in [1.54, 1.807) is 24.3 Å². The monoisotopic (exact) mass is 452 g/mol. The summed E-state index contributed by atoms with van der Waals surface area (Å²) in [6.07, 6.45) is 2.06. The molecule has 0 aromatic heterocycles. The average Bonchev–Trinajstić information content (AvgIpc) is 2.96. The molecule has 8 nitrogen and oxygen atoms in total. The Balaban J connectivity index is 2.01. The zero-order chi connectivity index (χ0) is 21.9. The summed E-state index contributed by atoms with van der Waals surface area (Å²) < 4.78 is 53.8. The van der Waals surface area contributed by atoms with E-state index in [-0.39, 0.29) is 16.3 Å². The van der Waals surface area contributed by atoms with Crippen molar-refractivity contribution in [2.75, 3.05) is 53.4 Å². The molecule has 0 atom stereocenters. The molecule has 0 radical (unpaired) electrons. The molecule has 1 heterocycles. The van der Waals surface area contributed by atoms with Crippen LogP contribution in [0, 0.1) is 6.92 Å². The molecule has 2 aromatic carbocycles. The SMILES string of the molecule is Cc1ccc(S(=O)(=O)Nc2ccc(N3CCCNCC3)cc2N(C)S(C)(=O)=O)cc1. The third kappa shape index (κ3) is 5.24. The van der Waals surface area contributed by atoms with Crippen LogP contribution in [-0.4, -0.2) is 56.3 Å². The normalized spacial score (nSPS) is 15.5. The van der Waals surface area contributed by atoms with E-state index in [2.05, 4.69) is 14.9 Å². The number of rotatable bonds is 6. The molecule has 2 aromatic rings. The van der Waals surface area contributed by atoms with Gasteiger partial charge in [-0.3, -0.25) is 9.03 Å². The van der Waals surface area contributed by atoms with E-state index in [0.717, 1.165) is 54.4 Å². The fourth-order valence-electron chi connectivity index (χ4n) is 3.27. The lowest BCUT2D eigenvalue weighted by atomic mass is 10.2. The first kappa shape index (κ1) is 22.4. The summed E-state index contributed by atoms with van der Waals surface area (Å²) in [4.78, 5) is 2.28. The van der Waals surface area contributed by atoms with Crippen LogP contribution in [0.25, 0.3) is 0 Å². The van der Waals surface area contributed by atoms with Gasteiger partial charge in [0.25, 0.3) is 10.0 Å². The lowest BCUT2D eigenvalue weighted by Crippen LogP contribution is -2.29. The molecule has 164 valence electrons. The minimum absolute atomic E-state index is 0.115. The van der Waals surface area contributed by atoms with Crippen LogP contribution < -0.4 is 19.2 Å². The number of aryl methyl sites for hydroxylation is 1. The number of sulfonamides is 2. The van der Waals surface area contributed by atoms with Gasteiger partial charge in [0, 0.05) is 32.4 Å². The van der Waals surface area contributed by atoms with Crippen LogP contribution in [0.1, 0.15) is 12.0 Å². The van der Waals surface area contributed by atoms with Gasteiger partial charge in [0.15, 0.2) is 0 Å². The number of benzene rings is 2. The van der Waals surface area contributed by atoms with Gasteiger partial charge in [0.1, 0.15) is 0 Å². The van der Waals surface area contributed by atoms with Crippen LogP contribution in [0.5, 0.6) is 0 Å². The standard InChI is InChI=1S/C20H28N4O4S2/c1-16-5-8-18(9-6-16)30(27,28)22-19-10-7-17(24-13-4-11-21-12-14-24)15-20(19)23(2)29(3,25)26/h5-10,15,21-22H,4,11-14H2,1-3H3. The Morgan fingerprint density at radius 3 is 2.37 bits per heavy atom. The van der Waals surface area contributed by atoms with E-state index in [4.69, 9.17) is 0 Å². The molecule has 1 aliphatic heterocycles. The molecule has 0 bridgehead atoms. The molecule has 0 spiro atoms. The molecule has 0 saturated carbocycles. The van der Waals surface area contributed by atoms with E-state index in [9.17, 15) is 16.8 Å². The third-order valence-corrected chi connectivity index (χ3v) is 7.67. The van der Waals surface area contributed by atoms with Crippen molar-refractivity contribution in [3.8, 4) is 0 Å². The summed E-state index contributed by atoms with van der Waals surface area (Å²) in [6.45, 7) is 5.26. The highest BCUT2D eigenvalue weighted by molar-refractivity contribution is 7.93. The van der Waals surface area contributed by atoms with Gasteiger partial charge in [0.05, 0.1) is 22.5 Å². The Morgan fingerprint density at radius 2 is 1.70 bits per heavy atom. The molecule has 1 aliphatic rings. The van der Waals surface area contributed by atoms with Crippen molar-refractivity contribution in [2.45, 2.75) is 18.2 Å². The molecule has 0 unspecified atom stereocenters. The molecular formula is C20H28N4O4S2. The highest BCUT2D eigenvalue weighted by atomic mass is 32.2. The van der Waals surface area contributed by atoms with E-state index in [0.29, 0.717) is 0 Å². The van der Waals surface area contributed by atoms with Crippen molar-refractivity contribution in [1.82, 2.24) is 5.32 Å². The molecule has 0 amide bonds. The lowest BCUT2D eigenvalue weighted by Gasteiger charge is -2.26. The Labute approximate surface area is 179 Å². The van der Waals surface area contributed by atoms with Gasteiger partial charge in [-0.25, -0.2) is 16.8 Å². The second-order valence-electron chi connectivity index (χ2n) is 7.44. The van der Waals surface area contributed by atoms with Crippen molar-refractivity contribution in [2.24, 2.45) is 0 Å². The third-order valence-electron chi connectivity index (χ3n) is 5.10. The number of hydrogen-bond donors (Lipinski definition) is 2. The number of hydrogen-bond acceptors (Lipinski definition) is 6. The minimum Gasteiger partial charge on any atom is -0.370 e. The molecule has 2 N–H and O–H groups in total. The molecule has 3 rings (SSSR count). The van der Waals surface area contributed by atoms with Crippen molar-refractivity contribution < 1.29 is 16.8 Å². The van der Waals surface area contributed by atoms with Crippen LogP contribution in [0.15, 0.2) is 47.4 Å². The van der Waals surface area contributed by atoms with E-state index in [1.165, 1.54) is 19.2 Å². The van der Waals surface area contributed by atoms with Crippen molar-refractivity contribution in [1.29, 1.82) is 0 Å². The maximum Gasteiger partial charge on any atom is 0.261 e. The first-order valence-electron chi connectivity index (χ1n) is 9.71. The first-order chi connectivity index (χ1) is 14.1. The van der Waals surface area contributed by atoms with Crippen LogP contribution in [0.2, 0.25) is 0 Å². The topological polar surface area (TPSA) is 98.8 Å². The van der Waals surface area contributed by atoms with Gasteiger partial charge in [-0.15, -0.1) is 0 Å². The van der Waals surface area contributed by atoms with Crippen LogP contribution in [0.3, 0.4) is 0 Å². The zero-order valence-corrected chi connectivity index (χ0v) is 19.1. The number of nitrogens with one attached hydrogen (secondary N) is 2. The van der Waals surface area contributed by atoms with Crippen molar-refractivity contribution in [3.63, 3.8) is 0 Å². The number of anilines is 3. The fourth-order valence-corrected chi connectivity index (χ4v) is 4.85. The molecule has 30 heavy (non-hydrogen) atoms. The summed E-state index contributed by atoms with van der Waals surface area (Å²) in [6, 6.07) is 11.6. The molecule has 10 heteroatoms. The Bertz CT molecular complexity index is 1090. The second kappa shape index (κ2) is 8.83. The second-order valence-corrected chi connectivity index (χ2v) is 11.1. The average molecular weight is 453 g/mol. The smallest absolute Gasteiger partial charge is 0.261 e. The molecule has 1 fully saturated rings. The zero-order valence-electron chi connectivity index (χ0n) is 17.4. The number of nitrogens with zero attached hydrogens (tertiary/aromatic N) is 2. The summed E-state index contributed by atoms with van der Waals surface area (Å²) in [5.41, 5.74) is 2.29. The Kier molecular flexibility index (Phi) is 6.59. The van der Waals surface area contributed by atoms with E-state index in [1.807, 2.05) is 13.0 Å². The first-order valence-corrected chi connectivity index (χ1v) is 13.0. The van der Waals surface area contributed by atoms with Crippen LogP contribution >= 0.6 is 0 Å². The van der Waals surface area contributed by atoms with Gasteiger partial charge in [-0.2, -0.15) is 0 Å². The highest BCUT2D eigenvalue weighted by Gasteiger charge is 2.22. The largest absolute Gasteiger partial charge is 0.370 e. The van der Waals surface area contributed by atoms with Crippen molar-refractivity contribution in [3.05, 3.63) is 48.0 Å². The van der Waals surface area contributed by atoms with Gasteiger partial charge in [-0.1, -0.05) is 17.7 Å². The van der Waals surface area contributed by atoms with Gasteiger partial charge in [0.2, 0.25) is 10.0 Å². The van der Waals surface area contributed by atoms with Gasteiger partial charge in [-0.05, 0) is 50.2 Å². The van der Waals surface area contributed by atoms with E-state index >= 15 is 0 Å². The molecule has 1 saturated heterocycles. The van der Waals surface area contributed by atoms with Crippen LogP contribution in [-0.2, 0) is 20.0 Å².